The van der Waals surface area contributed by atoms with Crippen LogP contribution in [0.5, 0.6) is 0 Å². The van der Waals surface area contributed by atoms with Crippen LogP contribution in [-0.2, 0) is 28.5 Å². The van der Waals surface area contributed by atoms with E-state index in [1.165, 1.54) is 0 Å². The summed E-state index contributed by atoms with van der Waals surface area (Å²) < 4.78 is 8.42. The minimum absolute atomic E-state index is 0. The van der Waals surface area contributed by atoms with E-state index in [-0.39, 0.29) is 33.2 Å². The maximum absolute atomic E-state index is 8.42. The standard InChI is InChI=1S/CH4.Cd.O2.O/c;;1-2;/h1H4;;;. The summed E-state index contributed by atoms with van der Waals surface area (Å²) in [6, 6.07) is 0. The molecule has 0 aliphatic heterocycles. The molecule has 0 aliphatic carbocycles. The Morgan fingerprint density at radius 2 is 1.00 bits per heavy atom. The third-order valence-corrected chi connectivity index (χ3v) is 0. The van der Waals surface area contributed by atoms with Gasteiger partial charge in [-0.2, -0.15) is 0 Å². The summed E-state index contributed by atoms with van der Waals surface area (Å²) in [6.45, 7) is 0. The van der Waals surface area contributed by atoms with Crippen LogP contribution in [0.3, 0.4) is 0 Å². The van der Waals surface area contributed by atoms with Crippen LogP contribution in [-0.4, -0.2) is 0 Å². The summed E-state index contributed by atoms with van der Waals surface area (Å²) in [6.07, 6.45) is 0. The van der Waals surface area contributed by atoms with Crippen molar-refractivity contribution in [3.63, 3.8) is 0 Å². The van der Waals surface area contributed by atoms with E-state index in [1.54, 1.807) is 0 Å². The molecule has 5 heavy (non-hydrogen) atoms. The predicted molar refractivity (Wildman–Crippen MR) is 14.2 cm³/mol. The molecule has 0 fully saturated rings. The van der Waals surface area contributed by atoms with Crippen LogP contribution in [0.2, 0.25) is 0 Å². The third-order valence-electron chi connectivity index (χ3n) is 0. The van der Waals surface area contributed by atoms with E-state index >= 15 is 0 Å². The molecule has 0 aromatic carbocycles. The maximum atomic E-state index is 8.42. The van der Waals surface area contributed by atoms with Gasteiger partial charge in [0.15, 0.2) is 0 Å². The first kappa shape index (κ1) is 18.4. The van der Waals surface area contributed by atoms with E-state index < -0.39 is 0 Å². The van der Waals surface area contributed by atoms with E-state index in [4.69, 9.17) is 12.6 Å². The first-order chi connectivity index (χ1) is 2.00. The summed E-state index contributed by atoms with van der Waals surface area (Å²) in [5, 5.41) is 0. The first-order valence-corrected chi connectivity index (χ1v) is 2.10. The molecule has 0 aromatic heterocycles. The Balaban J connectivity index is -0.0000000133. The summed E-state index contributed by atoms with van der Waals surface area (Å²) in [4.78, 5) is 14.0. The van der Waals surface area contributed by atoms with Crippen LogP contribution in [0.15, 0.2) is 0 Å². The van der Waals surface area contributed by atoms with E-state index in [2.05, 4.69) is 0 Å². The average Bonchev–Trinajstić information content (AvgIpc) is 1.50. The second-order valence-electron chi connectivity index (χ2n) is 0. The van der Waals surface area contributed by atoms with Crippen molar-refractivity contribution in [1.82, 2.24) is 0 Å². The summed E-state index contributed by atoms with van der Waals surface area (Å²) >= 11 is -0.1000. The Labute approximate surface area is 46.1 Å². The van der Waals surface area contributed by atoms with Crippen molar-refractivity contribution in [3.8, 4) is 0 Å². The zero-order valence-corrected chi connectivity index (χ0v) is 5.97. The monoisotopic (exact) mass is 178 g/mol. The van der Waals surface area contributed by atoms with Crippen molar-refractivity contribution in [1.29, 1.82) is 0 Å². The average molecular weight is 176 g/mol. The van der Waals surface area contributed by atoms with E-state index in [0.29, 0.717) is 0 Å². The van der Waals surface area contributed by atoms with Gasteiger partial charge in [0.05, 0.1) is 0 Å². The Bertz CT molecular complexity index is 8.85. The molecule has 0 saturated heterocycles. The van der Waals surface area contributed by atoms with Crippen molar-refractivity contribution < 1.29 is 28.5 Å². The van der Waals surface area contributed by atoms with Crippen molar-refractivity contribution in [2.24, 2.45) is 0 Å². The van der Waals surface area contributed by atoms with Crippen molar-refractivity contribution in [2.45, 2.75) is 7.43 Å². The molecule has 0 N–H and O–H groups in total. The molecule has 28 valence electrons. The molecule has 0 spiro atoms. The van der Waals surface area contributed by atoms with Crippen LogP contribution in [0.4, 0.5) is 0 Å². The molecule has 0 saturated carbocycles. The van der Waals surface area contributed by atoms with Gasteiger partial charge in [-0.15, -0.1) is 0 Å². The summed E-state index contributed by atoms with van der Waals surface area (Å²) in [5.74, 6) is 0. The second kappa shape index (κ2) is 460. The molecular weight excluding hydrogens is 172 g/mol. The van der Waals surface area contributed by atoms with Gasteiger partial charge >= 0.3 is 28.5 Å². The van der Waals surface area contributed by atoms with Gasteiger partial charge in [0.1, 0.15) is 0 Å². The van der Waals surface area contributed by atoms with Crippen LogP contribution >= 0.6 is 0 Å². The van der Waals surface area contributed by atoms with E-state index in [9.17, 15) is 0 Å². The predicted octanol–water partition coefficient (Wildman–Crippen LogP) is 0.582. The fraction of sp³-hybridized carbons (Fsp3) is 1.00. The molecule has 0 bridgehead atoms. The van der Waals surface area contributed by atoms with Gasteiger partial charge in [0.25, 0.3) is 0 Å². The molecule has 0 heterocycles. The Hall–Kier alpha value is 0.322. The Morgan fingerprint density at radius 3 is 1.00 bits per heavy atom. The van der Waals surface area contributed by atoms with E-state index in [0.717, 1.165) is 0 Å². The fourth-order valence-corrected chi connectivity index (χ4v) is 0. The van der Waals surface area contributed by atoms with Crippen LogP contribution < -0.4 is 0 Å². The van der Waals surface area contributed by atoms with Crippen molar-refractivity contribution in [3.05, 3.63) is 9.93 Å². The fourth-order valence-electron chi connectivity index (χ4n) is 0. The van der Waals surface area contributed by atoms with Gasteiger partial charge in [-0.05, 0) is 0 Å². The molecule has 3 nitrogen and oxygen atoms in total. The Morgan fingerprint density at radius 1 is 1.00 bits per heavy atom. The third kappa shape index (κ3) is 225. The molecule has 4 heteroatoms. The quantitative estimate of drug-likeness (QED) is 0.508. The van der Waals surface area contributed by atoms with Crippen LogP contribution in [0.1, 0.15) is 7.43 Å². The summed E-state index contributed by atoms with van der Waals surface area (Å²) in [7, 11) is 0. The SMILES string of the molecule is C.O=O.[O]=[Cd]. The molecule has 0 aliphatic rings. The number of hydrogen-bond donors (Lipinski definition) is 0. The van der Waals surface area contributed by atoms with Crippen LogP contribution in [0.25, 0.3) is 0 Å². The van der Waals surface area contributed by atoms with Gasteiger partial charge in [0.2, 0.25) is 0 Å². The van der Waals surface area contributed by atoms with Gasteiger partial charge in [0, 0.05) is 9.93 Å². The number of rotatable bonds is 0. The molecular formula is CH4CdO3. The molecule has 0 aromatic rings. The first-order valence-electron chi connectivity index (χ1n) is 0.455. The van der Waals surface area contributed by atoms with Gasteiger partial charge in [-0.1, -0.05) is 7.43 Å². The number of hydrogen-bond acceptors (Lipinski definition) is 3. The normalized spacial score (nSPS) is 2.00. The van der Waals surface area contributed by atoms with Crippen LogP contribution in [0, 0.1) is 9.93 Å². The minimum atomic E-state index is -0.1000. The molecule has 0 atom stereocenters. The Kier molecular flexibility index (Phi) is 1700. The molecule has 0 unspecified atom stereocenters. The topological polar surface area (TPSA) is 51.2 Å². The second-order valence-corrected chi connectivity index (χ2v) is 0. The zero-order chi connectivity index (χ0) is 4.00. The van der Waals surface area contributed by atoms with Gasteiger partial charge in [-0.25, -0.2) is 0 Å². The van der Waals surface area contributed by atoms with Crippen molar-refractivity contribution in [2.75, 3.05) is 0 Å². The zero-order valence-electron chi connectivity index (χ0n) is 1.93. The molecule has 0 amide bonds. The molecule has 0 radical (unpaired) electrons. The van der Waals surface area contributed by atoms with Gasteiger partial charge in [-0.3, -0.25) is 0 Å². The molecule has 0 rings (SSSR count). The van der Waals surface area contributed by atoms with E-state index in [1.807, 2.05) is 0 Å². The summed E-state index contributed by atoms with van der Waals surface area (Å²) in [5.41, 5.74) is 0. The van der Waals surface area contributed by atoms with Gasteiger partial charge < -0.3 is 0 Å². The van der Waals surface area contributed by atoms with Crippen molar-refractivity contribution >= 4 is 0 Å².